The number of benzene rings is 2. The molecule has 0 bridgehead atoms. The summed E-state index contributed by atoms with van der Waals surface area (Å²) in [6.45, 7) is 1.19. The van der Waals surface area contributed by atoms with Crippen molar-refractivity contribution in [2.45, 2.75) is 44.4 Å². The number of aromatic carboxylic acids is 1. The number of aliphatic hydroxyl groups excluding tert-OH is 1. The summed E-state index contributed by atoms with van der Waals surface area (Å²) in [5, 5.41) is 19.7. The van der Waals surface area contributed by atoms with Crippen LogP contribution in [0, 0.1) is 12.7 Å². The molecule has 2 aromatic rings. The van der Waals surface area contributed by atoms with E-state index in [9.17, 15) is 24.2 Å². The second-order valence-electron chi connectivity index (χ2n) is 7.63. The number of halogens is 3. The standard InChI is InChI=1S/C23H23ClF2O5/c1-12-10-17(23(29)30)20(16(6-8-27)18-11-15(25)7-9-31-18)21(26)19(12)22(28)13-2-4-14(24)5-3-13/h2-5,10,15-16,18,27H,6-9,11H2,1H3,(H,29,30)/t15?,16-,18?/m1/s1. The number of alkyl halides is 1. The maximum absolute atomic E-state index is 15.9. The van der Waals surface area contributed by atoms with E-state index in [0.717, 1.165) is 0 Å². The lowest BCUT2D eigenvalue weighted by Gasteiger charge is -2.33. The number of rotatable bonds is 7. The summed E-state index contributed by atoms with van der Waals surface area (Å²) in [5.41, 5.74) is -0.488. The molecule has 3 atom stereocenters. The molecule has 31 heavy (non-hydrogen) atoms. The zero-order chi connectivity index (χ0) is 22.7. The van der Waals surface area contributed by atoms with Gasteiger partial charge in [-0.3, -0.25) is 4.79 Å². The van der Waals surface area contributed by atoms with Crippen LogP contribution >= 0.6 is 11.6 Å². The number of aryl methyl sites for hydroxylation is 1. The van der Waals surface area contributed by atoms with E-state index < -0.39 is 35.8 Å². The van der Waals surface area contributed by atoms with Crippen LogP contribution in [-0.4, -0.2) is 47.5 Å². The predicted molar refractivity (Wildman–Crippen MR) is 111 cm³/mol. The first-order valence-corrected chi connectivity index (χ1v) is 10.4. The number of carbonyl (C=O) groups excluding carboxylic acids is 1. The smallest absolute Gasteiger partial charge is 0.336 e. The van der Waals surface area contributed by atoms with E-state index >= 15 is 4.39 Å². The third kappa shape index (κ3) is 4.95. The second kappa shape index (κ2) is 9.85. The summed E-state index contributed by atoms with van der Waals surface area (Å²) in [4.78, 5) is 25.0. The molecular weight excluding hydrogens is 430 g/mol. The number of ketones is 1. The van der Waals surface area contributed by atoms with Crippen molar-refractivity contribution in [1.82, 2.24) is 0 Å². The van der Waals surface area contributed by atoms with Gasteiger partial charge in [0.05, 0.1) is 17.2 Å². The molecule has 1 aliphatic rings. The van der Waals surface area contributed by atoms with Gasteiger partial charge in [-0.15, -0.1) is 0 Å². The van der Waals surface area contributed by atoms with Crippen LogP contribution in [0.3, 0.4) is 0 Å². The number of carbonyl (C=O) groups is 2. The number of hydrogen-bond acceptors (Lipinski definition) is 4. The zero-order valence-corrected chi connectivity index (χ0v) is 17.7. The lowest BCUT2D eigenvalue weighted by molar-refractivity contribution is -0.0362. The Labute approximate surface area is 183 Å². The summed E-state index contributed by atoms with van der Waals surface area (Å²) in [7, 11) is 0. The molecule has 1 fully saturated rings. The van der Waals surface area contributed by atoms with Crippen molar-refractivity contribution >= 4 is 23.4 Å². The van der Waals surface area contributed by atoms with Gasteiger partial charge in [-0.2, -0.15) is 0 Å². The first-order chi connectivity index (χ1) is 14.7. The molecule has 0 saturated carbocycles. The zero-order valence-electron chi connectivity index (χ0n) is 16.9. The number of ether oxygens (including phenoxy) is 1. The first kappa shape index (κ1) is 23.3. The summed E-state index contributed by atoms with van der Waals surface area (Å²) in [6.07, 6.45) is -1.87. The van der Waals surface area contributed by atoms with Gasteiger partial charge in [0, 0.05) is 48.1 Å². The Morgan fingerprint density at radius 2 is 1.97 bits per heavy atom. The van der Waals surface area contributed by atoms with Crippen molar-refractivity contribution in [3.63, 3.8) is 0 Å². The maximum Gasteiger partial charge on any atom is 0.336 e. The molecule has 2 N–H and O–H groups in total. The fourth-order valence-electron chi connectivity index (χ4n) is 4.08. The number of carboxylic acid groups (broad SMARTS) is 1. The number of aliphatic hydroxyl groups is 1. The van der Waals surface area contributed by atoms with Gasteiger partial charge in [0.2, 0.25) is 0 Å². The van der Waals surface area contributed by atoms with E-state index in [2.05, 4.69) is 0 Å². The molecule has 1 aliphatic heterocycles. The third-order valence-corrected chi connectivity index (χ3v) is 5.83. The topological polar surface area (TPSA) is 83.8 Å². The van der Waals surface area contributed by atoms with Crippen LogP contribution in [-0.2, 0) is 4.74 Å². The summed E-state index contributed by atoms with van der Waals surface area (Å²) < 4.78 is 35.5. The van der Waals surface area contributed by atoms with Crippen molar-refractivity contribution in [2.75, 3.05) is 13.2 Å². The molecule has 166 valence electrons. The van der Waals surface area contributed by atoms with Gasteiger partial charge >= 0.3 is 5.97 Å². The predicted octanol–water partition coefficient (Wildman–Crippen LogP) is 4.70. The molecule has 1 heterocycles. The molecular formula is C23H23ClF2O5. The van der Waals surface area contributed by atoms with E-state index in [1.54, 1.807) is 0 Å². The van der Waals surface area contributed by atoms with Gasteiger partial charge in [0.1, 0.15) is 12.0 Å². The van der Waals surface area contributed by atoms with E-state index in [0.29, 0.717) is 5.02 Å². The van der Waals surface area contributed by atoms with E-state index in [1.807, 2.05) is 0 Å². The Kier molecular flexibility index (Phi) is 7.41. The third-order valence-electron chi connectivity index (χ3n) is 5.58. The summed E-state index contributed by atoms with van der Waals surface area (Å²) >= 11 is 5.86. The van der Waals surface area contributed by atoms with Gasteiger partial charge in [-0.1, -0.05) is 11.6 Å². The Morgan fingerprint density at radius 3 is 2.55 bits per heavy atom. The minimum atomic E-state index is -1.38. The van der Waals surface area contributed by atoms with Crippen LogP contribution < -0.4 is 0 Å². The molecule has 5 nitrogen and oxygen atoms in total. The Bertz CT molecular complexity index is 977. The number of carboxylic acids is 1. The van der Waals surface area contributed by atoms with Gasteiger partial charge in [0.25, 0.3) is 0 Å². The molecule has 1 saturated heterocycles. The minimum absolute atomic E-state index is 0.0355. The molecule has 2 unspecified atom stereocenters. The highest BCUT2D eigenvalue weighted by Crippen LogP contribution is 2.38. The fraction of sp³-hybridized carbons (Fsp3) is 0.391. The molecule has 0 amide bonds. The van der Waals surface area contributed by atoms with Crippen LogP contribution in [0.15, 0.2) is 30.3 Å². The highest BCUT2D eigenvalue weighted by molar-refractivity contribution is 6.30. The second-order valence-corrected chi connectivity index (χ2v) is 8.07. The van der Waals surface area contributed by atoms with Crippen LogP contribution in [0.2, 0.25) is 5.02 Å². The lowest BCUT2D eigenvalue weighted by atomic mass is 9.81. The molecule has 0 aliphatic carbocycles. The Hall–Kier alpha value is -2.35. The molecule has 3 rings (SSSR count). The molecule has 2 aromatic carbocycles. The van der Waals surface area contributed by atoms with Crippen molar-refractivity contribution in [1.29, 1.82) is 0 Å². The molecule has 0 radical (unpaired) electrons. The van der Waals surface area contributed by atoms with Crippen molar-refractivity contribution in [3.05, 3.63) is 69.0 Å². The van der Waals surface area contributed by atoms with Crippen LogP contribution in [0.5, 0.6) is 0 Å². The van der Waals surface area contributed by atoms with E-state index in [-0.39, 0.29) is 60.3 Å². The van der Waals surface area contributed by atoms with Crippen LogP contribution in [0.25, 0.3) is 0 Å². The maximum atomic E-state index is 15.9. The summed E-state index contributed by atoms with van der Waals surface area (Å²) in [5.74, 6) is -3.91. The molecule has 0 spiro atoms. The Balaban J connectivity index is 2.17. The van der Waals surface area contributed by atoms with Crippen molar-refractivity contribution in [3.8, 4) is 0 Å². The number of hydrogen-bond donors (Lipinski definition) is 2. The van der Waals surface area contributed by atoms with Crippen LogP contribution in [0.1, 0.15) is 62.6 Å². The molecule has 0 aromatic heterocycles. The SMILES string of the molecule is Cc1cc(C(=O)O)c([C@H](CCO)C2CC(F)CCO2)c(F)c1C(=O)c1ccc(Cl)cc1. The lowest BCUT2D eigenvalue weighted by Crippen LogP contribution is -2.34. The van der Waals surface area contributed by atoms with Gasteiger partial charge in [-0.05, 0) is 49.2 Å². The fourth-order valence-corrected chi connectivity index (χ4v) is 4.20. The van der Waals surface area contributed by atoms with Crippen LogP contribution in [0.4, 0.5) is 8.78 Å². The highest BCUT2D eigenvalue weighted by Gasteiger charge is 2.36. The summed E-state index contributed by atoms with van der Waals surface area (Å²) in [6, 6.07) is 7.15. The van der Waals surface area contributed by atoms with Gasteiger partial charge in [0.15, 0.2) is 5.78 Å². The normalized spacial score (nSPS) is 19.8. The first-order valence-electron chi connectivity index (χ1n) is 9.97. The minimum Gasteiger partial charge on any atom is -0.478 e. The van der Waals surface area contributed by atoms with Crippen molar-refractivity contribution < 1.29 is 33.3 Å². The Morgan fingerprint density at radius 1 is 1.29 bits per heavy atom. The average Bonchev–Trinajstić information content (AvgIpc) is 2.72. The van der Waals surface area contributed by atoms with Gasteiger partial charge < -0.3 is 14.9 Å². The van der Waals surface area contributed by atoms with E-state index in [4.69, 9.17) is 16.3 Å². The molecule has 8 heteroatoms. The quantitative estimate of drug-likeness (QED) is 0.595. The largest absolute Gasteiger partial charge is 0.478 e. The van der Waals surface area contributed by atoms with Gasteiger partial charge in [-0.25, -0.2) is 13.6 Å². The van der Waals surface area contributed by atoms with Crippen molar-refractivity contribution in [2.24, 2.45) is 0 Å². The monoisotopic (exact) mass is 452 g/mol. The highest BCUT2D eigenvalue weighted by atomic mass is 35.5. The van der Waals surface area contributed by atoms with E-state index in [1.165, 1.54) is 37.3 Å². The average molecular weight is 453 g/mol.